The molecule has 1 N–H and O–H groups in total. The van der Waals surface area contributed by atoms with Crippen LogP contribution in [0.15, 0.2) is 35.6 Å². The minimum absolute atomic E-state index is 0.0907. The molecule has 150 valence electrons. The maximum Gasteiger partial charge on any atom is 0.260 e. The first-order valence-electron chi connectivity index (χ1n) is 9.25. The number of pyridine rings is 1. The third-order valence-corrected chi connectivity index (χ3v) is 5.63. The van der Waals surface area contributed by atoms with E-state index < -0.39 is 0 Å². The molecule has 1 aliphatic rings. The Morgan fingerprint density at radius 3 is 2.86 bits per heavy atom. The number of amides is 1. The number of carbonyl (C=O) groups excluding carboxylic acids is 1. The second-order valence-electron chi connectivity index (χ2n) is 6.59. The van der Waals surface area contributed by atoms with Crippen molar-refractivity contribution in [1.29, 1.82) is 0 Å². The van der Waals surface area contributed by atoms with E-state index in [0.717, 1.165) is 16.8 Å². The molecule has 0 bridgehead atoms. The van der Waals surface area contributed by atoms with Crippen LogP contribution in [0.3, 0.4) is 0 Å². The first kappa shape index (κ1) is 19.3. The maximum absolute atomic E-state index is 12.4. The third kappa shape index (κ3) is 3.91. The van der Waals surface area contributed by atoms with E-state index in [1.165, 1.54) is 17.3 Å². The number of ether oxygens (including phenoxy) is 2. The summed E-state index contributed by atoms with van der Waals surface area (Å²) in [6, 6.07) is 7.70. The molecule has 2 aromatic heterocycles. The summed E-state index contributed by atoms with van der Waals surface area (Å²) in [5.74, 6) is 1.83. The smallest absolute Gasteiger partial charge is 0.260 e. The topological polar surface area (TPSA) is 91.2 Å². The largest absolute Gasteiger partial charge is 0.451 e. The van der Waals surface area contributed by atoms with E-state index in [0.29, 0.717) is 29.2 Å². The van der Waals surface area contributed by atoms with Crippen LogP contribution in [0.4, 0.5) is 5.69 Å². The van der Waals surface area contributed by atoms with Crippen molar-refractivity contribution in [3.63, 3.8) is 0 Å². The van der Waals surface area contributed by atoms with E-state index in [9.17, 15) is 4.79 Å². The van der Waals surface area contributed by atoms with Crippen molar-refractivity contribution >= 4 is 23.4 Å². The van der Waals surface area contributed by atoms with Crippen molar-refractivity contribution in [3.8, 4) is 23.0 Å². The van der Waals surface area contributed by atoms with Crippen LogP contribution in [-0.4, -0.2) is 38.2 Å². The monoisotopic (exact) mass is 411 g/mol. The number of benzene rings is 1. The lowest BCUT2D eigenvalue weighted by atomic mass is 10.1. The van der Waals surface area contributed by atoms with Crippen LogP contribution in [0.2, 0.25) is 0 Å². The highest BCUT2D eigenvalue weighted by atomic mass is 32.2. The van der Waals surface area contributed by atoms with E-state index in [1.54, 1.807) is 6.20 Å². The van der Waals surface area contributed by atoms with Crippen LogP contribution < -0.4 is 14.8 Å². The summed E-state index contributed by atoms with van der Waals surface area (Å²) in [4.78, 5) is 16.5. The fourth-order valence-corrected chi connectivity index (χ4v) is 3.82. The number of nitrogens with zero attached hydrogens (tertiary/aromatic N) is 4. The number of hydrogen-bond acceptors (Lipinski definition) is 7. The Labute approximate surface area is 172 Å². The first-order chi connectivity index (χ1) is 14.1. The molecule has 29 heavy (non-hydrogen) atoms. The summed E-state index contributed by atoms with van der Waals surface area (Å²) in [6.45, 7) is 6.86. The molecule has 0 saturated carbocycles. The van der Waals surface area contributed by atoms with Crippen molar-refractivity contribution in [2.24, 2.45) is 0 Å². The standard InChI is InChI=1S/C20H21N5O3S/c1-4-25-18(15-7-8-21-19-17(15)27-11-28-19)23-24-20(25)29-10-16(26)22-14-6-5-12(2)13(3)9-14/h5-9H,4,10-11H2,1-3H3,(H,22,26). The summed E-state index contributed by atoms with van der Waals surface area (Å²) in [5, 5.41) is 12.2. The number of thioether (sulfide) groups is 1. The molecule has 3 heterocycles. The van der Waals surface area contributed by atoms with Gasteiger partial charge in [0.15, 0.2) is 16.7 Å². The van der Waals surface area contributed by atoms with Crippen molar-refractivity contribution in [2.75, 3.05) is 17.9 Å². The number of aromatic nitrogens is 4. The van der Waals surface area contributed by atoms with E-state index >= 15 is 0 Å². The SMILES string of the molecule is CCn1c(SCC(=O)Nc2ccc(C)c(C)c2)nnc1-c1ccnc2c1OCO2. The van der Waals surface area contributed by atoms with Gasteiger partial charge in [-0.15, -0.1) is 10.2 Å². The molecule has 0 spiro atoms. The quantitative estimate of drug-likeness (QED) is 0.621. The predicted octanol–water partition coefficient (Wildman–Crippen LogP) is 3.44. The lowest BCUT2D eigenvalue weighted by Gasteiger charge is -2.09. The van der Waals surface area contributed by atoms with Gasteiger partial charge >= 0.3 is 0 Å². The minimum Gasteiger partial charge on any atom is -0.451 e. The highest BCUT2D eigenvalue weighted by Crippen LogP contribution is 2.39. The van der Waals surface area contributed by atoms with E-state index in [2.05, 4.69) is 20.5 Å². The molecule has 8 nitrogen and oxygen atoms in total. The third-order valence-electron chi connectivity index (χ3n) is 4.67. The molecule has 4 rings (SSSR count). The zero-order chi connectivity index (χ0) is 20.4. The number of anilines is 1. The Morgan fingerprint density at radius 2 is 2.07 bits per heavy atom. The normalized spacial score (nSPS) is 12.2. The van der Waals surface area contributed by atoms with Gasteiger partial charge in [0.25, 0.3) is 5.88 Å². The van der Waals surface area contributed by atoms with Gasteiger partial charge in [-0.05, 0) is 50.1 Å². The molecule has 1 aromatic carbocycles. The first-order valence-corrected chi connectivity index (χ1v) is 10.2. The van der Waals surface area contributed by atoms with Gasteiger partial charge in [0.05, 0.1) is 11.3 Å². The number of carbonyl (C=O) groups is 1. The Hall–Kier alpha value is -3.07. The fraction of sp³-hybridized carbons (Fsp3) is 0.300. The van der Waals surface area contributed by atoms with Gasteiger partial charge in [0.1, 0.15) is 0 Å². The predicted molar refractivity (Wildman–Crippen MR) is 110 cm³/mol. The lowest BCUT2D eigenvalue weighted by Crippen LogP contribution is -2.14. The molecule has 0 unspecified atom stereocenters. The highest BCUT2D eigenvalue weighted by Gasteiger charge is 2.24. The number of aryl methyl sites for hydroxylation is 2. The van der Waals surface area contributed by atoms with Crippen LogP contribution in [-0.2, 0) is 11.3 Å². The van der Waals surface area contributed by atoms with Gasteiger partial charge in [-0.1, -0.05) is 17.8 Å². The summed E-state index contributed by atoms with van der Waals surface area (Å²) in [7, 11) is 0. The van der Waals surface area contributed by atoms with Gasteiger partial charge in [0.2, 0.25) is 12.7 Å². The Bertz CT molecular complexity index is 1070. The second kappa shape index (κ2) is 8.12. The molecule has 0 atom stereocenters. The van der Waals surface area contributed by atoms with Crippen LogP contribution in [0.5, 0.6) is 11.6 Å². The van der Waals surface area contributed by atoms with Gasteiger partial charge in [-0.2, -0.15) is 0 Å². The molecule has 0 aliphatic carbocycles. The van der Waals surface area contributed by atoms with Gasteiger partial charge in [-0.25, -0.2) is 4.98 Å². The molecule has 1 amide bonds. The molecule has 3 aromatic rings. The van der Waals surface area contributed by atoms with Gasteiger partial charge < -0.3 is 19.4 Å². The summed E-state index contributed by atoms with van der Waals surface area (Å²) in [6.07, 6.45) is 1.65. The summed E-state index contributed by atoms with van der Waals surface area (Å²) < 4.78 is 12.8. The zero-order valence-corrected chi connectivity index (χ0v) is 17.2. The molecule has 0 radical (unpaired) electrons. The number of nitrogens with one attached hydrogen (secondary N) is 1. The Balaban J connectivity index is 1.48. The summed E-state index contributed by atoms with van der Waals surface area (Å²) in [5.41, 5.74) is 3.90. The molecule has 0 fully saturated rings. The van der Waals surface area contributed by atoms with Crippen molar-refractivity contribution in [1.82, 2.24) is 19.7 Å². The number of rotatable bonds is 6. The molecular formula is C20H21N5O3S. The molecule has 9 heteroatoms. The maximum atomic E-state index is 12.4. The van der Waals surface area contributed by atoms with Gasteiger partial charge in [0, 0.05) is 18.4 Å². The molecule has 1 aliphatic heterocycles. The van der Waals surface area contributed by atoms with Crippen LogP contribution in [0.1, 0.15) is 18.1 Å². The Morgan fingerprint density at radius 1 is 1.21 bits per heavy atom. The molecule has 0 saturated heterocycles. The highest BCUT2D eigenvalue weighted by molar-refractivity contribution is 7.99. The molecular weight excluding hydrogens is 390 g/mol. The minimum atomic E-state index is -0.0907. The second-order valence-corrected chi connectivity index (χ2v) is 7.53. The number of fused-ring (bicyclic) bond motifs is 1. The van der Waals surface area contributed by atoms with Crippen LogP contribution in [0, 0.1) is 13.8 Å². The number of hydrogen-bond donors (Lipinski definition) is 1. The van der Waals surface area contributed by atoms with Gasteiger partial charge in [-0.3, -0.25) is 4.79 Å². The van der Waals surface area contributed by atoms with Crippen LogP contribution in [0.25, 0.3) is 11.4 Å². The summed E-state index contributed by atoms with van der Waals surface area (Å²) >= 11 is 1.34. The van der Waals surface area contributed by atoms with Crippen molar-refractivity contribution < 1.29 is 14.3 Å². The average Bonchev–Trinajstić information content (AvgIpc) is 3.35. The average molecular weight is 411 g/mol. The Kier molecular flexibility index (Phi) is 5.39. The lowest BCUT2D eigenvalue weighted by molar-refractivity contribution is -0.113. The van der Waals surface area contributed by atoms with E-state index in [4.69, 9.17) is 9.47 Å². The zero-order valence-electron chi connectivity index (χ0n) is 16.4. The fourth-order valence-electron chi connectivity index (χ4n) is 3.02. The van der Waals surface area contributed by atoms with E-state index in [1.807, 2.05) is 49.6 Å². The van der Waals surface area contributed by atoms with Crippen molar-refractivity contribution in [2.45, 2.75) is 32.5 Å². The van der Waals surface area contributed by atoms with Crippen molar-refractivity contribution in [3.05, 3.63) is 41.6 Å². The van der Waals surface area contributed by atoms with Crippen LogP contribution >= 0.6 is 11.8 Å². The van der Waals surface area contributed by atoms with E-state index in [-0.39, 0.29) is 18.5 Å².